The highest BCUT2D eigenvalue weighted by molar-refractivity contribution is 5.95. The Labute approximate surface area is 173 Å². The number of carbonyl (C=O) groups excluding carboxylic acids is 2. The molecule has 0 fully saturated rings. The van der Waals surface area contributed by atoms with Crippen LogP contribution >= 0.6 is 0 Å². The van der Waals surface area contributed by atoms with Gasteiger partial charge in [-0.15, -0.1) is 0 Å². The van der Waals surface area contributed by atoms with Crippen molar-refractivity contribution >= 4 is 28.5 Å². The van der Waals surface area contributed by atoms with E-state index in [1.54, 1.807) is 24.3 Å². The number of aromatic amines is 1. The Balaban J connectivity index is 1.31. The van der Waals surface area contributed by atoms with Crippen molar-refractivity contribution in [3.05, 3.63) is 69.8 Å². The number of nitrogens with one attached hydrogen (secondary N) is 2. The Morgan fingerprint density at radius 3 is 2.83 bits per heavy atom. The molecule has 7 heteroatoms. The van der Waals surface area contributed by atoms with Crippen molar-refractivity contribution in [1.29, 1.82) is 0 Å². The van der Waals surface area contributed by atoms with Crippen molar-refractivity contribution in [2.24, 2.45) is 0 Å². The first-order valence-corrected chi connectivity index (χ1v) is 10.1. The lowest BCUT2D eigenvalue weighted by Gasteiger charge is -2.14. The Morgan fingerprint density at radius 2 is 1.97 bits per heavy atom. The van der Waals surface area contributed by atoms with E-state index in [2.05, 4.69) is 15.3 Å². The standard InChI is InChI=1S/C23H23N3O4/c1-14(22(28)24-17-10-9-15-5-4-6-16(15)13-17)30-21(27)12-11-20-25-19-8-3-2-7-18(19)23(29)26-20/h2-3,7-10,13-14H,4-6,11-12H2,1H3,(H,24,28)(H,25,26,29)/t14-/m0/s1. The number of carbonyl (C=O) groups is 2. The summed E-state index contributed by atoms with van der Waals surface area (Å²) in [6.45, 7) is 1.54. The monoisotopic (exact) mass is 405 g/mol. The van der Waals surface area contributed by atoms with Crippen molar-refractivity contribution in [3.8, 4) is 0 Å². The maximum Gasteiger partial charge on any atom is 0.307 e. The van der Waals surface area contributed by atoms with Gasteiger partial charge >= 0.3 is 5.97 Å². The molecule has 0 aliphatic heterocycles. The molecule has 0 spiro atoms. The quantitative estimate of drug-likeness (QED) is 0.614. The van der Waals surface area contributed by atoms with Gasteiger partial charge in [0.05, 0.1) is 17.3 Å². The molecule has 1 aliphatic rings. The summed E-state index contributed by atoms with van der Waals surface area (Å²) in [5.74, 6) is -0.494. The van der Waals surface area contributed by atoms with Gasteiger partial charge in [-0.2, -0.15) is 0 Å². The number of rotatable bonds is 6. The molecule has 30 heavy (non-hydrogen) atoms. The molecule has 1 amide bonds. The Morgan fingerprint density at radius 1 is 1.17 bits per heavy atom. The summed E-state index contributed by atoms with van der Waals surface area (Å²) < 4.78 is 5.25. The molecule has 4 rings (SSSR count). The number of aryl methyl sites for hydroxylation is 3. The molecule has 0 radical (unpaired) electrons. The lowest BCUT2D eigenvalue weighted by Crippen LogP contribution is -2.30. The van der Waals surface area contributed by atoms with Gasteiger partial charge in [0.25, 0.3) is 11.5 Å². The number of amides is 1. The normalized spacial score (nSPS) is 13.6. The second-order valence-electron chi connectivity index (χ2n) is 7.49. The summed E-state index contributed by atoms with van der Waals surface area (Å²) in [5, 5.41) is 3.30. The molecule has 0 saturated carbocycles. The number of benzene rings is 2. The van der Waals surface area contributed by atoms with Crippen LogP contribution in [0.5, 0.6) is 0 Å². The van der Waals surface area contributed by atoms with Crippen LogP contribution in [0.3, 0.4) is 0 Å². The Kier molecular flexibility index (Phi) is 5.61. The van der Waals surface area contributed by atoms with Gasteiger partial charge < -0.3 is 15.0 Å². The minimum absolute atomic E-state index is 0.0117. The first-order valence-electron chi connectivity index (χ1n) is 10.1. The van der Waals surface area contributed by atoms with Crippen LogP contribution in [0.25, 0.3) is 10.9 Å². The van der Waals surface area contributed by atoms with E-state index < -0.39 is 12.1 Å². The third-order valence-corrected chi connectivity index (χ3v) is 5.27. The van der Waals surface area contributed by atoms with Crippen LogP contribution in [0.4, 0.5) is 5.69 Å². The molecular formula is C23H23N3O4. The average molecular weight is 405 g/mol. The highest BCUT2D eigenvalue weighted by atomic mass is 16.5. The fourth-order valence-electron chi connectivity index (χ4n) is 3.68. The van der Waals surface area contributed by atoms with Crippen LogP contribution in [0, 0.1) is 0 Å². The molecule has 3 aromatic rings. The first-order chi connectivity index (χ1) is 14.5. The summed E-state index contributed by atoms with van der Waals surface area (Å²) >= 11 is 0. The largest absolute Gasteiger partial charge is 0.453 e. The smallest absolute Gasteiger partial charge is 0.307 e. The predicted molar refractivity (Wildman–Crippen MR) is 113 cm³/mol. The number of hydrogen-bond acceptors (Lipinski definition) is 5. The average Bonchev–Trinajstić information content (AvgIpc) is 3.20. The first kappa shape index (κ1) is 19.8. The van der Waals surface area contributed by atoms with Crippen molar-refractivity contribution in [1.82, 2.24) is 9.97 Å². The number of H-pyrrole nitrogens is 1. The summed E-state index contributed by atoms with van der Waals surface area (Å²) in [7, 11) is 0. The van der Waals surface area contributed by atoms with Crippen molar-refractivity contribution < 1.29 is 14.3 Å². The number of nitrogens with zero attached hydrogens (tertiary/aromatic N) is 1. The SMILES string of the molecule is C[C@H](OC(=O)CCc1nc2ccccc2c(=O)[nH]1)C(=O)Nc1ccc2c(c1)CCC2. The summed E-state index contributed by atoms with van der Waals surface area (Å²) in [6, 6.07) is 12.9. The Hall–Kier alpha value is -3.48. The zero-order valence-corrected chi connectivity index (χ0v) is 16.7. The fraction of sp³-hybridized carbons (Fsp3) is 0.304. The van der Waals surface area contributed by atoms with E-state index in [-0.39, 0.29) is 24.3 Å². The number of fused-ring (bicyclic) bond motifs is 2. The molecule has 2 N–H and O–H groups in total. The molecule has 1 atom stereocenters. The molecule has 0 saturated heterocycles. The van der Waals surface area contributed by atoms with Crippen LogP contribution in [0.15, 0.2) is 47.3 Å². The molecule has 154 valence electrons. The zero-order valence-electron chi connectivity index (χ0n) is 16.7. The number of esters is 1. The molecule has 1 heterocycles. The van der Waals surface area contributed by atoms with E-state index in [0.29, 0.717) is 22.4 Å². The second kappa shape index (κ2) is 8.49. The van der Waals surface area contributed by atoms with Crippen LogP contribution in [-0.4, -0.2) is 27.9 Å². The van der Waals surface area contributed by atoms with E-state index in [9.17, 15) is 14.4 Å². The third-order valence-electron chi connectivity index (χ3n) is 5.27. The second-order valence-corrected chi connectivity index (χ2v) is 7.49. The Bertz CT molecular complexity index is 1170. The molecule has 0 unspecified atom stereocenters. The van der Waals surface area contributed by atoms with Gasteiger partial charge in [0, 0.05) is 12.1 Å². The van der Waals surface area contributed by atoms with Gasteiger partial charge in [-0.1, -0.05) is 18.2 Å². The van der Waals surface area contributed by atoms with E-state index in [4.69, 9.17) is 4.74 Å². The molecular weight excluding hydrogens is 382 g/mol. The van der Waals surface area contributed by atoms with Gasteiger partial charge in [-0.3, -0.25) is 14.4 Å². The summed E-state index contributed by atoms with van der Waals surface area (Å²) in [6.07, 6.45) is 2.55. The molecule has 2 aromatic carbocycles. The van der Waals surface area contributed by atoms with E-state index >= 15 is 0 Å². The molecule has 1 aromatic heterocycles. The molecule has 0 bridgehead atoms. The predicted octanol–water partition coefficient (Wildman–Crippen LogP) is 2.91. The number of hydrogen-bond donors (Lipinski definition) is 2. The minimum atomic E-state index is -0.922. The maximum atomic E-state index is 12.4. The molecule has 7 nitrogen and oxygen atoms in total. The van der Waals surface area contributed by atoms with Gasteiger partial charge in [0.1, 0.15) is 5.82 Å². The van der Waals surface area contributed by atoms with E-state index in [0.717, 1.165) is 19.3 Å². The van der Waals surface area contributed by atoms with Crippen molar-refractivity contribution in [3.63, 3.8) is 0 Å². The third kappa shape index (κ3) is 4.40. The van der Waals surface area contributed by atoms with Crippen molar-refractivity contribution in [2.75, 3.05) is 5.32 Å². The maximum absolute atomic E-state index is 12.4. The highest BCUT2D eigenvalue weighted by Gasteiger charge is 2.19. The number of aromatic nitrogens is 2. The van der Waals surface area contributed by atoms with Crippen LogP contribution in [0.2, 0.25) is 0 Å². The number of ether oxygens (including phenoxy) is 1. The highest BCUT2D eigenvalue weighted by Crippen LogP contribution is 2.25. The van der Waals surface area contributed by atoms with Gasteiger partial charge in [-0.25, -0.2) is 4.98 Å². The van der Waals surface area contributed by atoms with E-state index in [1.807, 2.05) is 18.2 Å². The summed E-state index contributed by atoms with van der Waals surface area (Å²) in [5.41, 5.74) is 3.63. The lowest BCUT2D eigenvalue weighted by atomic mass is 10.1. The van der Waals surface area contributed by atoms with Gasteiger partial charge in [0.15, 0.2) is 6.10 Å². The number of anilines is 1. The zero-order chi connectivity index (χ0) is 21.1. The van der Waals surface area contributed by atoms with Crippen molar-refractivity contribution in [2.45, 2.75) is 45.1 Å². The van der Waals surface area contributed by atoms with Crippen LogP contribution in [-0.2, 0) is 33.6 Å². The van der Waals surface area contributed by atoms with Gasteiger partial charge in [0.2, 0.25) is 0 Å². The fourth-order valence-corrected chi connectivity index (χ4v) is 3.68. The van der Waals surface area contributed by atoms with Gasteiger partial charge in [-0.05, 0) is 61.6 Å². The molecule has 1 aliphatic carbocycles. The topological polar surface area (TPSA) is 101 Å². The lowest BCUT2D eigenvalue weighted by molar-refractivity contribution is -0.153. The van der Waals surface area contributed by atoms with Crippen LogP contribution < -0.4 is 10.9 Å². The number of para-hydroxylation sites is 1. The van der Waals surface area contributed by atoms with Crippen LogP contribution in [0.1, 0.15) is 36.7 Å². The minimum Gasteiger partial charge on any atom is -0.453 e. The van der Waals surface area contributed by atoms with E-state index in [1.165, 1.54) is 18.1 Å². The summed E-state index contributed by atoms with van der Waals surface area (Å²) in [4.78, 5) is 43.7.